The maximum atomic E-state index is 12.8. The van der Waals surface area contributed by atoms with Crippen LogP contribution in [0.5, 0.6) is 0 Å². The number of carbonyl (C=O) groups excluding carboxylic acids is 1. The van der Waals surface area contributed by atoms with Gasteiger partial charge >= 0.3 is 6.18 Å². The molecule has 1 heterocycles. The molecule has 0 N–H and O–H groups in total. The number of benzene rings is 1. The van der Waals surface area contributed by atoms with Crippen LogP contribution in [0.3, 0.4) is 0 Å². The number of anilines is 1. The number of halogens is 5. The second-order valence-electron chi connectivity index (χ2n) is 4.39. The van der Waals surface area contributed by atoms with Crippen molar-refractivity contribution in [2.45, 2.75) is 12.6 Å². The molecule has 0 radical (unpaired) electrons. The van der Waals surface area contributed by atoms with Gasteiger partial charge in [-0.1, -0.05) is 31.9 Å². The summed E-state index contributed by atoms with van der Waals surface area (Å²) < 4.78 is 38.4. The monoisotopic (exact) mass is 399 g/mol. The molecular formula is C12H10Br2F3NO. The minimum absolute atomic E-state index is 0.0209. The van der Waals surface area contributed by atoms with Gasteiger partial charge in [0.25, 0.3) is 0 Å². The molecule has 1 amide bonds. The Labute approximate surface area is 125 Å². The number of rotatable bonds is 2. The highest BCUT2D eigenvalue weighted by atomic mass is 79.9. The van der Waals surface area contributed by atoms with Crippen molar-refractivity contribution in [3.8, 4) is 0 Å². The third kappa shape index (κ3) is 3.13. The molecule has 1 aliphatic rings. The number of hydrogen-bond donors (Lipinski definition) is 0. The van der Waals surface area contributed by atoms with Crippen molar-refractivity contribution in [1.29, 1.82) is 0 Å². The third-order valence-electron chi connectivity index (χ3n) is 2.99. The van der Waals surface area contributed by atoms with E-state index in [-0.39, 0.29) is 16.3 Å². The summed E-state index contributed by atoms with van der Waals surface area (Å²) in [5.41, 5.74) is -0.468. The first kappa shape index (κ1) is 14.8. The van der Waals surface area contributed by atoms with E-state index >= 15 is 0 Å². The average molecular weight is 401 g/mol. The van der Waals surface area contributed by atoms with Gasteiger partial charge in [0, 0.05) is 28.5 Å². The van der Waals surface area contributed by atoms with Gasteiger partial charge in [-0.2, -0.15) is 13.2 Å². The zero-order valence-corrected chi connectivity index (χ0v) is 12.8. The summed E-state index contributed by atoms with van der Waals surface area (Å²) in [6.45, 7) is 0.447. The van der Waals surface area contributed by atoms with Gasteiger partial charge in [0.2, 0.25) is 5.91 Å². The van der Waals surface area contributed by atoms with Crippen LogP contribution in [0.1, 0.15) is 12.0 Å². The minimum atomic E-state index is -4.44. The van der Waals surface area contributed by atoms with E-state index in [4.69, 9.17) is 0 Å². The van der Waals surface area contributed by atoms with E-state index in [0.29, 0.717) is 24.0 Å². The number of alkyl halides is 4. The SMILES string of the molecule is O=C1CC(CBr)CN1c1ccc(Br)c(C(F)(F)F)c1. The van der Waals surface area contributed by atoms with E-state index in [2.05, 4.69) is 31.9 Å². The molecule has 1 unspecified atom stereocenters. The van der Waals surface area contributed by atoms with Crippen LogP contribution in [-0.2, 0) is 11.0 Å². The second kappa shape index (κ2) is 5.44. The van der Waals surface area contributed by atoms with Crippen molar-refractivity contribution in [3.63, 3.8) is 0 Å². The van der Waals surface area contributed by atoms with Crippen molar-refractivity contribution in [2.75, 3.05) is 16.8 Å². The lowest BCUT2D eigenvalue weighted by Crippen LogP contribution is -2.25. The van der Waals surface area contributed by atoms with Gasteiger partial charge in [-0.05, 0) is 24.1 Å². The molecule has 7 heteroatoms. The van der Waals surface area contributed by atoms with Crippen molar-refractivity contribution >= 4 is 43.5 Å². The molecular weight excluding hydrogens is 391 g/mol. The van der Waals surface area contributed by atoms with Gasteiger partial charge in [0.15, 0.2) is 0 Å². The molecule has 104 valence electrons. The minimum Gasteiger partial charge on any atom is -0.312 e. The van der Waals surface area contributed by atoms with Crippen molar-refractivity contribution in [2.24, 2.45) is 5.92 Å². The quantitative estimate of drug-likeness (QED) is 0.681. The van der Waals surface area contributed by atoms with Crippen LogP contribution in [0.2, 0.25) is 0 Å². The molecule has 0 bridgehead atoms. The predicted octanol–water partition coefficient (Wildman–Crippen LogP) is 4.22. The summed E-state index contributed by atoms with van der Waals surface area (Å²) in [5.74, 6) is 0.00498. The molecule has 1 atom stereocenters. The maximum Gasteiger partial charge on any atom is 0.417 e. The van der Waals surface area contributed by atoms with E-state index in [0.717, 1.165) is 6.07 Å². The Morgan fingerprint density at radius 3 is 2.58 bits per heavy atom. The van der Waals surface area contributed by atoms with Gasteiger partial charge in [0.1, 0.15) is 0 Å². The fraction of sp³-hybridized carbons (Fsp3) is 0.417. The van der Waals surface area contributed by atoms with Crippen LogP contribution in [-0.4, -0.2) is 17.8 Å². The van der Waals surface area contributed by atoms with E-state index in [1.165, 1.54) is 17.0 Å². The Hall–Kier alpha value is -0.560. The fourth-order valence-electron chi connectivity index (χ4n) is 2.03. The largest absolute Gasteiger partial charge is 0.417 e. The Balaban J connectivity index is 2.34. The van der Waals surface area contributed by atoms with Gasteiger partial charge in [-0.15, -0.1) is 0 Å². The van der Waals surface area contributed by atoms with Gasteiger partial charge in [0.05, 0.1) is 5.56 Å². The summed E-state index contributed by atoms with van der Waals surface area (Å²) >= 11 is 6.18. The van der Waals surface area contributed by atoms with Crippen molar-refractivity contribution in [3.05, 3.63) is 28.2 Å². The second-order valence-corrected chi connectivity index (χ2v) is 5.89. The summed E-state index contributed by atoms with van der Waals surface area (Å²) in [5, 5.41) is 0.665. The summed E-state index contributed by atoms with van der Waals surface area (Å²) in [6.07, 6.45) is -4.07. The zero-order valence-electron chi connectivity index (χ0n) is 9.68. The third-order valence-corrected chi connectivity index (χ3v) is 4.60. The van der Waals surface area contributed by atoms with Crippen molar-refractivity contribution in [1.82, 2.24) is 0 Å². The highest BCUT2D eigenvalue weighted by Gasteiger charge is 2.35. The lowest BCUT2D eigenvalue weighted by atomic mass is 10.1. The first-order chi connectivity index (χ1) is 8.82. The topological polar surface area (TPSA) is 20.3 Å². The summed E-state index contributed by atoms with van der Waals surface area (Å²) in [6, 6.07) is 3.86. The molecule has 2 nitrogen and oxygen atoms in total. The number of nitrogens with zero attached hydrogens (tertiary/aromatic N) is 1. The van der Waals surface area contributed by atoms with Gasteiger partial charge in [-0.25, -0.2) is 0 Å². The van der Waals surface area contributed by atoms with Crippen molar-refractivity contribution < 1.29 is 18.0 Å². The molecule has 1 aromatic carbocycles. The highest BCUT2D eigenvalue weighted by Crippen LogP contribution is 2.38. The standard InChI is InChI=1S/C12H10Br2F3NO/c13-5-7-3-11(19)18(6-7)8-1-2-10(14)9(4-8)12(15,16)17/h1-2,4,7H,3,5-6H2. The highest BCUT2D eigenvalue weighted by molar-refractivity contribution is 9.10. The number of hydrogen-bond acceptors (Lipinski definition) is 1. The van der Waals surface area contributed by atoms with Crippen LogP contribution >= 0.6 is 31.9 Å². The normalized spacial score (nSPS) is 20.2. The van der Waals surface area contributed by atoms with E-state index < -0.39 is 11.7 Å². The van der Waals surface area contributed by atoms with E-state index in [1.54, 1.807) is 0 Å². The molecule has 1 saturated heterocycles. The molecule has 0 aliphatic carbocycles. The predicted molar refractivity (Wildman–Crippen MR) is 73.4 cm³/mol. The molecule has 0 aromatic heterocycles. The van der Waals surface area contributed by atoms with Crippen LogP contribution in [0.25, 0.3) is 0 Å². The van der Waals surface area contributed by atoms with E-state index in [9.17, 15) is 18.0 Å². The molecule has 2 rings (SSSR count). The average Bonchev–Trinajstić information content (AvgIpc) is 2.70. The van der Waals surface area contributed by atoms with Crippen LogP contribution < -0.4 is 4.90 Å². The lowest BCUT2D eigenvalue weighted by molar-refractivity contribution is -0.138. The van der Waals surface area contributed by atoms with Gasteiger partial charge < -0.3 is 4.90 Å². The molecule has 19 heavy (non-hydrogen) atoms. The number of carbonyl (C=O) groups is 1. The van der Waals surface area contributed by atoms with Crippen LogP contribution in [0.15, 0.2) is 22.7 Å². The summed E-state index contributed by atoms with van der Waals surface area (Å²) in [7, 11) is 0. The Morgan fingerprint density at radius 2 is 2.05 bits per heavy atom. The first-order valence-electron chi connectivity index (χ1n) is 5.56. The molecule has 1 aliphatic heterocycles. The molecule has 0 saturated carbocycles. The Bertz CT molecular complexity index is 504. The molecule has 1 fully saturated rings. The molecule has 1 aromatic rings. The first-order valence-corrected chi connectivity index (χ1v) is 7.47. The molecule has 0 spiro atoms. The number of amides is 1. The zero-order chi connectivity index (χ0) is 14.2. The van der Waals surface area contributed by atoms with Gasteiger partial charge in [-0.3, -0.25) is 4.79 Å². The fourth-order valence-corrected chi connectivity index (χ4v) is 2.94. The Kier molecular flexibility index (Phi) is 4.25. The van der Waals surface area contributed by atoms with Crippen LogP contribution in [0.4, 0.5) is 18.9 Å². The maximum absolute atomic E-state index is 12.8. The summed E-state index contributed by atoms with van der Waals surface area (Å²) in [4.78, 5) is 13.2. The lowest BCUT2D eigenvalue weighted by Gasteiger charge is -2.19. The Morgan fingerprint density at radius 1 is 1.37 bits per heavy atom. The van der Waals surface area contributed by atoms with E-state index in [1.807, 2.05) is 0 Å². The van der Waals surface area contributed by atoms with Crippen LogP contribution in [0, 0.1) is 5.92 Å². The smallest absolute Gasteiger partial charge is 0.312 e.